The van der Waals surface area contributed by atoms with Crippen LogP contribution >= 0.6 is 0 Å². The Bertz CT molecular complexity index is 736. The summed E-state index contributed by atoms with van der Waals surface area (Å²) in [6.45, 7) is 6.63. The molecule has 0 spiro atoms. The zero-order valence-electron chi connectivity index (χ0n) is 12.7. The largest absolute Gasteiger partial charge is 0.492 e. The summed E-state index contributed by atoms with van der Waals surface area (Å²) < 4.78 is 7.10. The van der Waals surface area contributed by atoms with Gasteiger partial charge in [0.1, 0.15) is 11.8 Å². The van der Waals surface area contributed by atoms with E-state index in [1.54, 1.807) is 18.2 Å². The van der Waals surface area contributed by atoms with Crippen molar-refractivity contribution in [3.05, 3.63) is 41.7 Å². The van der Waals surface area contributed by atoms with E-state index in [9.17, 15) is 10.1 Å². The van der Waals surface area contributed by atoms with Gasteiger partial charge in [-0.25, -0.2) is 9.48 Å². The van der Waals surface area contributed by atoms with Crippen LogP contribution in [0.25, 0.3) is 5.69 Å². The second kappa shape index (κ2) is 5.90. The lowest BCUT2D eigenvalue weighted by Gasteiger charge is -2.19. The highest BCUT2D eigenvalue weighted by Gasteiger charge is 2.14. The van der Waals surface area contributed by atoms with Crippen LogP contribution < -0.4 is 4.74 Å². The van der Waals surface area contributed by atoms with Gasteiger partial charge < -0.3 is 9.84 Å². The van der Waals surface area contributed by atoms with E-state index < -0.39 is 5.97 Å². The van der Waals surface area contributed by atoms with Crippen molar-refractivity contribution in [1.29, 1.82) is 5.26 Å². The zero-order valence-corrected chi connectivity index (χ0v) is 12.7. The molecule has 0 aliphatic heterocycles. The summed E-state index contributed by atoms with van der Waals surface area (Å²) in [6.07, 6.45) is 2.66. The van der Waals surface area contributed by atoms with Crippen molar-refractivity contribution < 1.29 is 14.6 Å². The fourth-order valence-corrected chi connectivity index (χ4v) is 1.74. The number of aromatic carboxylic acids is 1. The van der Waals surface area contributed by atoms with Gasteiger partial charge in [0.05, 0.1) is 29.6 Å². The molecule has 0 aliphatic rings. The third-order valence-corrected chi connectivity index (χ3v) is 2.84. The molecule has 0 aliphatic carbocycles. The number of ether oxygens (including phenoxy) is 1. The lowest BCUT2D eigenvalue weighted by atomic mass is 9.98. The second-order valence-corrected chi connectivity index (χ2v) is 6.12. The number of aromatic nitrogens is 2. The van der Waals surface area contributed by atoms with Crippen molar-refractivity contribution in [3.8, 4) is 17.5 Å². The Labute approximate surface area is 128 Å². The zero-order chi connectivity index (χ0) is 16.3. The molecule has 22 heavy (non-hydrogen) atoms. The molecule has 0 saturated carbocycles. The number of rotatable bonds is 4. The van der Waals surface area contributed by atoms with Crippen LogP contribution in [0.1, 0.15) is 36.7 Å². The van der Waals surface area contributed by atoms with Gasteiger partial charge in [0, 0.05) is 6.20 Å². The molecule has 1 heterocycles. The molecule has 0 fully saturated rings. The molecule has 1 aromatic carbocycles. The van der Waals surface area contributed by atoms with Crippen molar-refractivity contribution in [2.45, 2.75) is 20.8 Å². The van der Waals surface area contributed by atoms with Gasteiger partial charge in [0.25, 0.3) is 0 Å². The highest BCUT2D eigenvalue weighted by atomic mass is 16.5. The normalized spacial score (nSPS) is 11.0. The van der Waals surface area contributed by atoms with Crippen molar-refractivity contribution in [2.75, 3.05) is 6.61 Å². The number of benzene rings is 1. The molecule has 0 radical (unpaired) electrons. The van der Waals surface area contributed by atoms with Crippen LogP contribution in [0.5, 0.6) is 5.75 Å². The minimum absolute atomic E-state index is 0.0101. The fraction of sp³-hybridized carbons (Fsp3) is 0.312. The highest BCUT2D eigenvalue weighted by molar-refractivity contribution is 5.87. The van der Waals surface area contributed by atoms with Gasteiger partial charge >= 0.3 is 5.97 Å². The van der Waals surface area contributed by atoms with Crippen LogP contribution in [0.3, 0.4) is 0 Å². The summed E-state index contributed by atoms with van der Waals surface area (Å²) in [6, 6.07) is 7.14. The first-order chi connectivity index (χ1) is 10.3. The van der Waals surface area contributed by atoms with E-state index in [0.717, 1.165) is 0 Å². The molecular weight excluding hydrogens is 282 g/mol. The first-order valence-electron chi connectivity index (χ1n) is 6.75. The number of carboxylic acid groups (broad SMARTS) is 1. The third kappa shape index (κ3) is 3.64. The molecule has 114 valence electrons. The van der Waals surface area contributed by atoms with Gasteiger partial charge in [-0.1, -0.05) is 20.8 Å². The third-order valence-electron chi connectivity index (χ3n) is 2.84. The summed E-state index contributed by atoms with van der Waals surface area (Å²) in [5.74, 6) is -0.538. The van der Waals surface area contributed by atoms with Crippen LogP contribution in [0.15, 0.2) is 30.6 Å². The van der Waals surface area contributed by atoms with Crippen molar-refractivity contribution in [1.82, 2.24) is 9.78 Å². The molecule has 6 nitrogen and oxygen atoms in total. The summed E-state index contributed by atoms with van der Waals surface area (Å²) in [5.41, 5.74) is 1.07. The Balaban J connectivity index is 2.28. The topological polar surface area (TPSA) is 88.1 Å². The molecule has 1 aromatic heterocycles. The Kier molecular flexibility index (Phi) is 4.18. The maximum Gasteiger partial charge on any atom is 0.338 e. The van der Waals surface area contributed by atoms with Gasteiger partial charge in [0.15, 0.2) is 0 Å². The summed E-state index contributed by atoms with van der Waals surface area (Å²) in [5, 5.41) is 22.2. The predicted molar refractivity (Wildman–Crippen MR) is 80.2 cm³/mol. The maximum absolute atomic E-state index is 10.9. The number of hydrogen-bond acceptors (Lipinski definition) is 4. The minimum Gasteiger partial charge on any atom is -0.492 e. The minimum atomic E-state index is -1.04. The van der Waals surface area contributed by atoms with Crippen molar-refractivity contribution in [2.24, 2.45) is 5.41 Å². The van der Waals surface area contributed by atoms with Gasteiger partial charge in [0.2, 0.25) is 0 Å². The number of nitriles is 1. The van der Waals surface area contributed by atoms with Crippen LogP contribution in [-0.4, -0.2) is 27.5 Å². The van der Waals surface area contributed by atoms with Crippen LogP contribution in [0.2, 0.25) is 0 Å². The average molecular weight is 299 g/mol. The van der Waals surface area contributed by atoms with E-state index in [0.29, 0.717) is 23.6 Å². The first kappa shape index (κ1) is 15.6. The highest BCUT2D eigenvalue weighted by Crippen LogP contribution is 2.24. The fourth-order valence-electron chi connectivity index (χ4n) is 1.74. The predicted octanol–water partition coefficient (Wildman–Crippen LogP) is 2.87. The van der Waals surface area contributed by atoms with E-state index >= 15 is 0 Å². The first-order valence-corrected chi connectivity index (χ1v) is 6.75. The van der Waals surface area contributed by atoms with Gasteiger partial charge in [-0.3, -0.25) is 0 Å². The smallest absolute Gasteiger partial charge is 0.338 e. The maximum atomic E-state index is 10.9. The molecular formula is C16H17N3O3. The van der Waals surface area contributed by atoms with Crippen molar-refractivity contribution >= 4 is 5.97 Å². The number of hydrogen-bond donors (Lipinski definition) is 1. The molecule has 6 heteroatoms. The van der Waals surface area contributed by atoms with E-state index in [4.69, 9.17) is 9.84 Å². The SMILES string of the molecule is CC(C)(C)COc1ccc(-n2cc(C(=O)O)cn2)cc1C#N. The molecule has 1 N–H and O–H groups in total. The van der Waals surface area contributed by atoms with Gasteiger partial charge in [-0.2, -0.15) is 10.4 Å². The van der Waals surface area contributed by atoms with Gasteiger partial charge in [-0.15, -0.1) is 0 Å². The number of carbonyl (C=O) groups is 1. The standard InChI is InChI=1S/C16H17N3O3/c1-16(2,3)10-22-14-5-4-13(6-11(14)7-17)19-9-12(8-18-19)15(20)21/h4-6,8-9H,10H2,1-3H3,(H,20,21). The van der Waals surface area contributed by atoms with E-state index in [-0.39, 0.29) is 11.0 Å². The quantitative estimate of drug-likeness (QED) is 0.937. The molecule has 0 amide bonds. The average Bonchev–Trinajstić information content (AvgIpc) is 2.94. The lowest BCUT2D eigenvalue weighted by molar-refractivity contribution is 0.0697. The molecule has 2 aromatic rings. The summed E-state index contributed by atoms with van der Waals surface area (Å²) in [4.78, 5) is 10.9. The monoisotopic (exact) mass is 299 g/mol. The van der Waals surface area contributed by atoms with E-state index in [1.807, 2.05) is 20.8 Å². The Morgan fingerprint density at radius 1 is 1.45 bits per heavy atom. The summed E-state index contributed by atoms with van der Waals surface area (Å²) >= 11 is 0. The Morgan fingerprint density at radius 3 is 2.73 bits per heavy atom. The van der Waals surface area contributed by atoms with Crippen LogP contribution in [0.4, 0.5) is 0 Å². The van der Waals surface area contributed by atoms with E-state index in [2.05, 4.69) is 11.2 Å². The lowest BCUT2D eigenvalue weighted by Crippen LogP contribution is -2.17. The molecule has 2 rings (SSSR count). The number of nitrogens with zero attached hydrogens (tertiary/aromatic N) is 3. The number of carboxylic acids is 1. The Hall–Kier alpha value is -2.81. The summed E-state index contributed by atoms with van der Waals surface area (Å²) in [7, 11) is 0. The van der Waals surface area contributed by atoms with Crippen molar-refractivity contribution in [3.63, 3.8) is 0 Å². The van der Waals surface area contributed by atoms with E-state index in [1.165, 1.54) is 17.1 Å². The molecule has 0 atom stereocenters. The molecule has 0 bridgehead atoms. The van der Waals surface area contributed by atoms with Crippen LogP contribution in [0, 0.1) is 16.7 Å². The molecule has 0 saturated heterocycles. The Morgan fingerprint density at radius 2 is 2.18 bits per heavy atom. The molecule has 0 unspecified atom stereocenters. The second-order valence-electron chi connectivity index (χ2n) is 6.12. The van der Waals surface area contributed by atoms with Crippen LogP contribution in [-0.2, 0) is 0 Å². The van der Waals surface area contributed by atoms with Gasteiger partial charge in [-0.05, 0) is 23.6 Å².